The van der Waals surface area contributed by atoms with Gasteiger partial charge in [-0.25, -0.2) is 9.78 Å². The predicted molar refractivity (Wildman–Crippen MR) is 56.2 cm³/mol. The van der Waals surface area contributed by atoms with E-state index in [4.69, 9.17) is 11.6 Å². The number of aryl methyl sites for hydroxylation is 1. The molecule has 0 spiro atoms. The van der Waals surface area contributed by atoms with E-state index < -0.39 is 11.2 Å². The maximum atomic E-state index is 11.4. The number of hydrogen-bond acceptors (Lipinski definition) is 3. The first-order valence-corrected chi connectivity index (χ1v) is 4.98. The lowest BCUT2D eigenvalue weighted by Gasteiger charge is -1.99. The lowest BCUT2D eigenvalue weighted by atomic mass is 10.5. The van der Waals surface area contributed by atoms with Crippen LogP contribution < -0.4 is 11.2 Å². The highest BCUT2D eigenvalue weighted by Gasteiger charge is 2.10. The number of imidazole rings is 1. The Bertz CT molecular complexity index is 609. The second-order valence-electron chi connectivity index (χ2n) is 3.02. The number of aromatic amines is 2. The summed E-state index contributed by atoms with van der Waals surface area (Å²) in [6.07, 6.45) is 0. The van der Waals surface area contributed by atoms with E-state index >= 15 is 0 Å². The third-order valence-corrected chi connectivity index (χ3v) is 2.38. The van der Waals surface area contributed by atoms with Crippen LogP contribution in [0.2, 0.25) is 0 Å². The van der Waals surface area contributed by atoms with Crippen LogP contribution in [-0.4, -0.2) is 19.5 Å². The average molecular weight is 229 g/mol. The lowest BCUT2D eigenvalue weighted by molar-refractivity contribution is 0.719. The van der Waals surface area contributed by atoms with Gasteiger partial charge in [-0.15, -0.1) is 11.6 Å². The van der Waals surface area contributed by atoms with Crippen LogP contribution in [0.15, 0.2) is 9.59 Å². The van der Waals surface area contributed by atoms with Crippen molar-refractivity contribution in [3.05, 3.63) is 26.7 Å². The van der Waals surface area contributed by atoms with Gasteiger partial charge in [-0.3, -0.25) is 14.3 Å². The molecule has 0 saturated heterocycles. The molecule has 15 heavy (non-hydrogen) atoms. The highest BCUT2D eigenvalue weighted by atomic mass is 35.5. The SMILES string of the molecule is CCn1c(=O)[nH]c(=O)c2[nH]c(CCl)nc21. The van der Waals surface area contributed by atoms with E-state index in [0.29, 0.717) is 18.0 Å². The van der Waals surface area contributed by atoms with Crippen molar-refractivity contribution < 1.29 is 0 Å². The van der Waals surface area contributed by atoms with Crippen LogP contribution in [0.4, 0.5) is 0 Å². The molecule has 6 nitrogen and oxygen atoms in total. The van der Waals surface area contributed by atoms with Crippen molar-refractivity contribution in [2.75, 3.05) is 0 Å². The minimum atomic E-state index is -0.469. The van der Waals surface area contributed by atoms with Gasteiger partial charge in [0.15, 0.2) is 5.65 Å². The molecule has 0 radical (unpaired) electrons. The molecule has 2 N–H and O–H groups in total. The van der Waals surface area contributed by atoms with Gasteiger partial charge in [-0.2, -0.15) is 0 Å². The van der Waals surface area contributed by atoms with E-state index in [0.717, 1.165) is 0 Å². The van der Waals surface area contributed by atoms with Gasteiger partial charge in [0.1, 0.15) is 11.3 Å². The van der Waals surface area contributed by atoms with E-state index in [2.05, 4.69) is 15.0 Å². The Morgan fingerprint density at radius 3 is 2.73 bits per heavy atom. The molecule has 80 valence electrons. The number of alkyl halides is 1. The lowest BCUT2D eigenvalue weighted by Crippen LogP contribution is -2.29. The van der Waals surface area contributed by atoms with Gasteiger partial charge < -0.3 is 4.98 Å². The molecule has 2 heterocycles. The molecule has 2 aromatic rings. The monoisotopic (exact) mass is 228 g/mol. The Morgan fingerprint density at radius 2 is 2.13 bits per heavy atom. The van der Waals surface area contributed by atoms with Crippen LogP contribution in [0.1, 0.15) is 12.7 Å². The molecule has 7 heteroatoms. The normalized spacial score (nSPS) is 11.1. The third-order valence-electron chi connectivity index (χ3n) is 2.12. The first-order valence-electron chi connectivity index (χ1n) is 4.45. The average Bonchev–Trinajstić information content (AvgIpc) is 2.62. The molecular weight excluding hydrogens is 220 g/mol. The van der Waals surface area contributed by atoms with Crippen molar-refractivity contribution in [3.63, 3.8) is 0 Å². The number of aromatic nitrogens is 4. The zero-order valence-electron chi connectivity index (χ0n) is 8.00. The first-order chi connectivity index (χ1) is 7.17. The summed E-state index contributed by atoms with van der Waals surface area (Å²) in [5.74, 6) is 0.649. The zero-order valence-corrected chi connectivity index (χ0v) is 8.76. The van der Waals surface area contributed by atoms with Gasteiger partial charge in [-0.1, -0.05) is 0 Å². The summed E-state index contributed by atoms with van der Waals surface area (Å²) in [6, 6.07) is 0. The standard InChI is InChI=1S/C8H9ClN4O2/c1-2-13-6-5(7(14)12-8(13)15)10-4(3-9)11-6/h2-3H2,1H3,(H,10,11)(H,12,14,15). The zero-order chi connectivity index (χ0) is 11.0. The number of rotatable bonds is 2. The Kier molecular flexibility index (Phi) is 2.36. The largest absolute Gasteiger partial charge is 0.335 e. The van der Waals surface area contributed by atoms with Crippen LogP contribution in [0, 0.1) is 0 Å². The van der Waals surface area contributed by atoms with Crippen LogP contribution in [-0.2, 0) is 12.4 Å². The predicted octanol–water partition coefficient (Wildman–Crippen LogP) is 0.172. The second kappa shape index (κ2) is 3.54. The van der Waals surface area contributed by atoms with Gasteiger partial charge in [0.2, 0.25) is 0 Å². The summed E-state index contributed by atoms with van der Waals surface area (Å²) in [6.45, 7) is 2.24. The highest BCUT2D eigenvalue weighted by Crippen LogP contribution is 2.06. The minimum Gasteiger partial charge on any atom is -0.335 e. The summed E-state index contributed by atoms with van der Waals surface area (Å²) in [5.41, 5.74) is -0.291. The molecule has 0 aliphatic carbocycles. The van der Waals surface area contributed by atoms with Crippen molar-refractivity contribution in [2.45, 2.75) is 19.3 Å². The van der Waals surface area contributed by atoms with Crippen molar-refractivity contribution in [1.82, 2.24) is 19.5 Å². The maximum absolute atomic E-state index is 11.4. The van der Waals surface area contributed by atoms with Gasteiger partial charge in [0.25, 0.3) is 5.56 Å². The minimum absolute atomic E-state index is 0.173. The van der Waals surface area contributed by atoms with Crippen molar-refractivity contribution in [3.8, 4) is 0 Å². The summed E-state index contributed by atoms with van der Waals surface area (Å²) < 4.78 is 1.38. The summed E-state index contributed by atoms with van der Waals surface area (Å²) >= 11 is 5.59. The fourth-order valence-corrected chi connectivity index (χ4v) is 1.57. The molecule has 0 saturated carbocycles. The fraction of sp³-hybridized carbons (Fsp3) is 0.375. The fourth-order valence-electron chi connectivity index (χ4n) is 1.45. The number of H-pyrrole nitrogens is 2. The van der Waals surface area contributed by atoms with Crippen LogP contribution in [0.25, 0.3) is 11.2 Å². The summed E-state index contributed by atoms with van der Waals surface area (Å²) in [4.78, 5) is 31.9. The van der Waals surface area contributed by atoms with E-state index in [1.54, 1.807) is 6.92 Å². The molecule has 0 atom stereocenters. The van der Waals surface area contributed by atoms with Crippen LogP contribution >= 0.6 is 11.6 Å². The topological polar surface area (TPSA) is 83.5 Å². The van der Waals surface area contributed by atoms with E-state index in [1.807, 2.05) is 0 Å². The van der Waals surface area contributed by atoms with Gasteiger partial charge in [0.05, 0.1) is 5.88 Å². The van der Waals surface area contributed by atoms with Crippen molar-refractivity contribution in [1.29, 1.82) is 0 Å². The summed E-state index contributed by atoms with van der Waals surface area (Å²) in [7, 11) is 0. The highest BCUT2D eigenvalue weighted by molar-refractivity contribution is 6.16. The van der Waals surface area contributed by atoms with Gasteiger partial charge in [0, 0.05) is 6.54 Å². The Hall–Kier alpha value is -1.56. The number of nitrogens with zero attached hydrogens (tertiary/aromatic N) is 2. The number of halogens is 1. The number of nitrogens with one attached hydrogen (secondary N) is 2. The molecule has 0 fully saturated rings. The Balaban J connectivity index is 2.94. The molecule has 0 aromatic carbocycles. The molecule has 2 aromatic heterocycles. The summed E-state index contributed by atoms with van der Waals surface area (Å²) in [5, 5.41) is 0. The quantitative estimate of drug-likeness (QED) is 0.719. The molecule has 0 unspecified atom stereocenters. The number of fused-ring (bicyclic) bond motifs is 1. The third kappa shape index (κ3) is 1.46. The van der Waals surface area contributed by atoms with E-state index in [9.17, 15) is 9.59 Å². The maximum Gasteiger partial charge on any atom is 0.330 e. The molecular formula is C8H9ClN4O2. The smallest absolute Gasteiger partial charge is 0.330 e. The Morgan fingerprint density at radius 1 is 1.40 bits per heavy atom. The second-order valence-corrected chi connectivity index (χ2v) is 3.29. The van der Waals surface area contributed by atoms with Crippen molar-refractivity contribution >= 4 is 22.8 Å². The van der Waals surface area contributed by atoms with Crippen LogP contribution in [0.3, 0.4) is 0 Å². The first kappa shape index (κ1) is 9.97. The molecule has 0 aliphatic heterocycles. The van der Waals surface area contributed by atoms with Crippen molar-refractivity contribution in [2.24, 2.45) is 0 Å². The van der Waals surface area contributed by atoms with Gasteiger partial charge in [-0.05, 0) is 6.92 Å². The molecule has 0 amide bonds. The molecule has 0 bridgehead atoms. The molecule has 0 aliphatic rings. The van der Waals surface area contributed by atoms with Gasteiger partial charge >= 0.3 is 5.69 Å². The molecule has 2 rings (SSSR count). The van der Waals surface area contributed by atoms with E-state index in [1.165, 1.54) is 4.57 Å². The number of hydrogen-bond donors (Lipinski definition) is 2. The Labute approximate surface area is 88.9 Å². The van der Waals surface area contributed by atoms with E-state index in [-0.39, 0.29) is 11.4 Å². The van der Waals surface area contributed by atoms with Crippen LogP contribution in [0.5, 0.6) is 0 Å².